The lowest BCUT2D eigenvalue weighted by atomic mass is 10.1. The Hall–Kier alpha value is -4.04. The number of aliphatic carboxylic acids is 1. The van der Waals surface area contributed by atoms with E-state index in [0.29, 0.717) is 49.2 Å². The zero-order chi connectivity index (χ0) is 28.3. The van der Waals surface area contributed by atoms with Gasteiger partial charge in [-0.2, -0.15) is 0 Å². The molecule has 7 nitrogen and oxygen atoms in total. The van der Waals surface area contributed by atoms with Crippen molar-refractivity contribution >= 4 is 17.6 Å². The molecule has 8 heteroatoms. The minimum Gasteiger partial charge on any atom is -0.497 e. The van der Waals surface area contributed by atoms with E-state index in [2.05, 4.69) is 4.90 Å². The van der Waals surface area contributed by atoms with Crippen molar-refractivity contribution in [1.29, 1.82) is 0 Å². The lowest BCUT2D eigenvalue weighted by Crippen LogP contribution is -2.35. The van der Waals surface area contributed by atoms with Gasteiger partial charge in [-0.05, 0) is 60.5 Å². The Balaban J connectivity index is 1.53. The fourth-order valence-corrected chi connectivity index (χ4v) is 4.29. The summed E-state index contributed by atoms with van der Waals surface area (Å²) >= 11 is 6.01. The molecule has 0 bridgehead atoms. The maximum absolute atomic E-state index is 11.4. The Morgan fingerprint density at radius 1 is 0.850 bits per heavy atom. The smallest absolute Gasteiger partial charge is 0.320 e. The second kappa shape index (κ2) is 14.4. The number of carboxylic acid groups (broad SMARTS) is 1. The fraction of sp³-hybridized carbons (Fsp3) is 0.219. The Morgan fingerprint density at radius 2 is 1.43 bits per heavy atom. The molecule has 0 radical (unpaired) electrons. The van der Waals surface area contributed by atoms with Crippen LogP contribution in [0.15, 0.2) is 97.1 Å². The highest BCUT2D eigenvalue weighted by Gasteiger charge is 2.18. The normalized spacial score (nSPS) is 11.7. The molecule has 4 rings (SSSR count). The van der Waals surface area contributed by atoms with Crippen molar-refractivity contribution in [3.8, 4) is 23.0 Å². The monoisotopic (exact) mass is 560 g/mol. The molecule has 0 spiro atoms. The van der Waals surface area contributed by atoms with Crippen molar-refractivity contribution in [3.05, 3.63) is 119 Å². The van der Waals surface area contributed by atoms with Gasteiger partial charge in [-0.25, -0.2) is 0 Å². The topological polar surface area (TPSA) is 94.2 Å². The average molecular weight is 561 g/mol. The van der Waals surface area contributed by atoms with Gasteiger partial charge in [0.25, 0.3) is 0 Å². The number of benzene rings is 4. The zero-order valence-electron chi connectivity index (χ0n) is 22.3. The number of hydrogen-bond donors (Lipinski definition) is 2. The Morgan fingerprint density at radius 3 is 2.05 bits per heavy atom. The zero-order valence-corrected chi connectivity index (χ0v) is 23.1. The van der Waals surface area contributed by atoms with E-state index in [1.54, 1.807) is 7.11 Å². The average Bonchev–Trinajstić information content (AvgIpc) is 2.97. The molecule has 0 amide bonds. The number of hydrogen-bond acceptors (Lipinski definition) is 6. The van der Waals surface area contributed by atoms with Crippen LogP contribution in [0.2, 0.25) is 5.02 Å². The molecular formula is C32H33ClN2O5. The largest absolute Gasteiger partial charge is 0.497 e. The molecule has 0 aliphatic rings. The molecule has 208 valence electrons. The molecule has 1 unspecified atom stereocenters. The number of nitrogens with two attached hydrogens (primary N) is 1. The molecule has 0 saturated heterocycles. The first kappa shape index (κ1) is 29.0. The first-order valence-electron chi connectivity index (χ1n) is 13.0. The van der Waals surface area contributed by atoms with E-state index in [4.69, 9.17) is 31.5 Å². The number of halogens is 1. The summed E-state index contributed by atoms with van der Waals surface area (Å²) < 4.78 is 17.6. The van der Waals surface area contributed by atoms with Gasteiger partial charge in [-0.3, -0.25) is 9.69 Å². The SMILES string of the molecule is COc1ccc(Oc2ccccc2CN(CCC(N)C(=O)O)Cc2ccccc2OCc2ccc(Cl)cc2)cc1. The summed E-state index contributed by atoms with van der Waals surface area (Å²) in [5.41, 5.74) is 8.81. The summed E-state index contributed by atoms with van der Waals surface area (Å²) in [6.07, 6.45) is 0.296. The van der Waals surface area contributed by atoms with Gasteiger partial charge in [-0.1, -0.05) is 60.1 Å². The molecule has 0 aliphatic heterocycles. The van der Waals surface area contributed by atoms with Gasteiger partial charge in [0.2, 0.25) is 0 Å². The number of carbonyl (C=O) groups is 1. The van der Waals surface area contributed by atoms with Gasteiger partial charge in [0.1, 0.15) is 35.6 Å². The van der Waals surface area contributed by atoms with Gasteiger partial charge in [-0.15, -0.1) is 0 Å². The predicted molar refractivity (Wildman–Crippen MR) is 156 cm³/mol. The van der Waals surface area contributed by atoms with Crippen LogP contribution in [0.1, 0.15) is 23.1 Å². The van der Waals surface area contributed by atoms with Crippen molar-refractivity contribution in [1.82, 2.24) is 4.90 Å². The van der Waals surface area contributed by atoms with Crippen LogP contribution in [0.3, 0.4) is 0 Å². The van der Waals surface area contributed by atoms with Gasteiger partial charge < -0.3 is 25.1 Å². The van der Waals surface area contributed by atoms with E-state index in [9.17, 15) is 9.90 Å². The molecule has 40 heavy (non-hydrogen) atoms. The van der Waals surface area contributed by atoms with Crippen LogP contribution >= 0.6 is 11.6 Å². The first-order chi connectivity index (χ1) is 19.4. The highest BCUT2D eigenvalue weighted by Crippen LogP contribution is 2.29. The minimum absolute atomic E-state index is 0.296. The molecule has 0 aromatic heterocycles. The van der Waals surface area contributed by atoms with Crippen molar-refractivity contribution < 1.29 is 24.1 Å². The van der Waals surface area contributed by atoms with E-state index in [0.717, 1.165) is 28.2 Å². The number of rotatable bonds is 14. The molecule has 4 aromatic rings. The van der Waals surface area contributed by atoms with Gasteiger partial charge in [0.05, 0.1) is 7.11 Å². The van der Waals surface area contributed by atoms with Gasteiger partial charge in [0, 0.05) is 35.8 Å². The second-order valence-corrected chi connectivity index (χ2v) is 9.79. The van der Waals surface area contributed by atoms with Crippen molar-refractivity contribution in [3.63, 3.8) is 0 Å². The molecule has 0 aliphatic carbocycles. The van der Waals surface area contributed by atoms with Crippen molar-refractivity contribution in [2.75, 3.05) is 13.7 Å². The summed E-state index contributed by atoms with van der Waals surface area (Å²) in [6, 6.07) is 29.7. The highest BCUT2D eigenvalue weighted by atomic mass is 35.5. The Bertz CT molecular complexity index is 1380. The predicted octanol–water partition coefficient (Wildman–Crippen LogP) is 6.52. The third kappa shape index (κ3) is 8.48. The van der Waals surface area contributed by atoms with Crippen LogP contribution in [0.5, 0.6) is 23.0 Å². The first-order valence-corrected chi connectivity index (χ1v) is 13.3. The van der Waals surface area contributed by atoms with Crippen LogP contribution in [0.25, 0.3) is 0 Å². The standard InChI is InChI=1S/C32H33ClN2O5/c1-38-27-14-16-28(17-15-27)40-31-9-5-3-7-25(31)21-35(19-18-29(34)32(36)37)20-24-6-2-4-8-30(24)39-22-23-10-12-26(33)13-11-23/h2-17,29H,18-22,34H2,1H3,(H,36,37). The molecule has 1 atom stereocenters. The van der Waals surface area contributed by atoms with Crippen molar-refractivity contribution in [2.24, 2.45) is 5.73 Å². The van der Waals surface area contributed by atoms with E-state index in [1.807, 2.05) is 97.1 Å². The summed E-state index contributed by atoms with van der Waals surface area (Å²) in [7, 11) is 1.62. The number of methoxy groups -OCH3 is 1. The third-order valence-corrected chi connectivity index (χ3v) is 6.65. The van der Waals surface area contributed by atoms with Gasteiger partial charge >= 0.3 is 5.97 Å². The summed E-state index contributed by atoms with van der Waals surface area (Å²) in [4.78, 5) is 13.6. The third-order valence-electron chi connectivity index (χ3n) is 6.40. The van der Waals surface area contributed by atoms with E-state index in [1.165, 1.54) is 0 Å². The van der Waals surface area contributed by atoms with Gasteiger partial charge in [0.15, 0.2) is 0 Å². The van der Waals surface area contributed by atoms with Crippen LogP contribution in [-0.4, -0.2) is 35.7 Å². The summed E-state index contributed by atoms with van der Waals surface area (Å²) in [6.45, 7) is 1.91. The molecule has 3 N–H and O–H groups in total. The Kier molecular flexibility index (Phi) is 10.4. The highest BCUT2D eigenvalue weighted by molar-refractivity contribution is 6.30. The summed E-state index contributed by atoms with van der Waals surface area (Å²) in [5.74, 6) is 1.89. The Labute approximate surface area is 239 Å². The van der Waals surface area contributed by atoms with Crippen LogP contribution in [0.4, 0.5) is 0 Å². The lowest BCUT2D eigenvalue weighted by Gasteiger charge is -2.25. The number of carboxylic acids is 1. The van der Waals surface area contributed by atoms with E-state index >= 15 is 0 Å². The second-order valence-electron chi connectivity index (χ2n) is 9.35. The molecule has 0 saturated carbocycles. The van der Waals surface area contributed by atoms with E-state index in [-0.39, 0.29) is 0 Å². The quantitative estimate of drug-likeness (QED) is 0.181. The summed E-state index contributed by atoms with van der Waals surface area (Å²) in [5, 5.41) is 10.0. The van der Waals surface area contributed by atoms with E-state index < -0.39 is 12.0 Å². The van der Waals surface area contributed by atoms with Crippen LogP contribution < -0.4 is 19.9 Å². The lowest BCUT2D eigenvalue weighted by molar-refractivity contribution is -0.138. The van der Waals surface area contributed by atoms with Crippen LogP contribution in [-0.2, 0) is 24.5 Å². The molecule has 0 heterocycles. The van der Waals surface area contributed by atoms with Crippen molar-refractivity contribution in [2.45, 2.75) is 32.2 Å². The maximum atomic E-state index is 11.4. The molecular weight excluding hydrogens is 528 g/mol. The number of para-hydroxylation sites is 2. The number of nitrogens with zero attached hydrogens (tertiary/aromatic N) is 1. The molecule has 4 aromatic carbocycles. The number of ether oxygens (including phenoxy) is 3. The fourth-order valence-electron chi connectivity index (χ4n) is 4.16. The minimum atomic E-state index is -1.02. The maximum Gasteiger partial charge on any atom is 0.320 e. The molecule has 0 fully saturated rings. The van der Waals surface area contributed by atoms with Crippen LogP contribution in [0, 0.1) is 0 Å².